The molecule has 0 unspecified atom stereocenters. The molecule has 0 aliphatic rings. The fraction of sp³-hybridized carbons (Fsp3) is 0.200. The smallest absolute Gasteiger partial charge is 0.212 e. The van der Waals surface area contributed by atoms with E-state index in [2.05, 4.69) is 9.97 Å². The molecule has 0 fully saturated rings. The first-order valence-corrected chi connectivity index (χ1v) is 2.96. The highest BCUT2D eigenvalue weighted by molar-refractivity contribution is 6.29. The molecular formula is C5H5ClN2O. The van der Waals surface area contributed by atoms with E-state index in [4.69, 9.17) is 11.6 Å². The zero-order valence-corrected chi connectivity index (χ0v) is 5.35. The summed E-state index contributed by atoms with van der Waals surface area (Å²) in [6.45, 7) is 0. The standard InChI is InChI=1S/C5H5ClN2O/c6-3-4(9)5-7-1-2-8-5/h1-2H,3H2,(H,7,8). The van der Waals surface area contributed by atoms with Gasteiger partial charge in [0.2, 0.25) is 5.78 Å². The minimum Gasteiger partial charge on any atom is -0.342 e. The number of nitrogens with zero attached hydrogens (tertiary/aromatic N) is 1. The van der Waals surface area contributed by atoms with Crippen LogP contribution in [-0.4, -0.2) is 21.6 Å². The Hall–Kier alpha value is -0.830. The number of carbonyl (C=O) groups is 1. The lowest BCUT2D eigenvalue weighted by Crippen LogP contribution is -2.01. The third-order valence-electron chi connectivity index (χ3n) is 0.884. The molecule has 0 atom stereocenters. The molecule has 1 heterocycles. The number of Topliss-reactive ketones (excluding diaryl/α,β-unsaturated/α-hetero) is 1. The Labute approximate surface area is 57.1 Å². The molecule has 1 N–H and O–H groups in total. The Morgan fingerprint density at radius 1 is 1.89 bits per heavy atom. The van der Waals surface area contributed by atoms with Gasteiger partial charge in [-0.3, -0.25) is 4.79 Å². The summed E-state index contributed by atoms with van der Waals surface area (Å²) in [7, 11) is 0. The predicted molar refractivity (Wildman–Crippen MR) is 33.6 cm³/mol. The number of hydrogen-bond acceptors (Lipinski definition) is 2. The van der Waals surface area contributed by atoms with Crippen molar-refractivity contribution in [1.82, 2.24) is 9.97 Å². The zero-order chi connectivity index (χ0) is 6.69. The molecule has 0 aromatic carbocycles. The van der Waals surface area contributed by atoms with Crippen molar-refractivity contribution in [3.8, 4) is 0 Å². The molecule has 0 radical (unpaired) electrons. The molecule has 3 nitrogen and oxygen atoms in total. The second-order valence-electron chi connectivity index (χ2n) is 1.49. The average Bonchev–Trinajstić information content (AvgIpc) is 2.37. The normalized spacial score (nSPS) is 9.44. The number of hydrogen-bond donors (Lipinski definition) is 1. The van der Waals surface area contributed by atoms with Gasteiger partial charge >= 0.3 is 0 Å². The molecule has 4 heteroatoms. The largest absolute Gasteiger partial charge is 0.342 e. The van der Waals surface area contributed by atoms with Gasteiger partial charge in [-0.2, -0.15) is 0 Å². The molecule has 1 aromatic heterocycles. The lowest BCUT2D eigenvalue weighted by Gasteiger charge is -1.84. The van der Waals surface area contributed by atoms with Crippen LogP contribution in [0.15, 0.2) is 12.4 Å². The van der Waals surface area contributed by atoms with Gasteiger partial charge in [-0.25, -0.2) is 4.98 Å². The highest BCUT2D eigenvalue weighted by Crippen LogP contribution is 1.91. The monoisotopic (exact) mass is 144 g/mol. The van der Waals surface area contributed by atoms with Crippen LogP contribution in [-0.2, 0) is 0 Å². The lowest BCUT2D eigenvalue weighted by atomic mass is 10.4. The molecule has 0 aliphatic heterocycles. The van der Waals surface area contributed by atoms with Gasteiger partial charge < -0.3 is 4.98 Å². The van der Waals surface area contributed by atoms with Gasteiger partial charge in [0.25, 0.3) is 0 Å². The van der Waals surface area contributed by atoms with E-state index in [1.165, 1.54) is 6.20 Å². The zero-order valence-electron chi connectivity index (χ0n) is 4.60. The topological polar surface area (TPSA) is 45.8 Å². The molecular weight excluding hydrogens is 140 g/mol. The van der Waals surface area contributed by atoms with Crippen molar-refractivity contribution in [2.24, 2.45) is 0 Å². The van der Waals surface area contributed by atoms with E-state index in [1.54, 1.807) is 6.20 Å². The number of rotatable bonds is 2. The summed E-state index contributed by atoms with van der Waals surface area (Å²) in [5.41, 5.74) is 0. The van der Waals surface area contributed by atoms with E-state index < -0.39 is 0 Å². The van der Waals surface area contributed by atoms with Crippen molar-refractivity contribution in [3.05, 3.63) is 18.2 Å². The number of carbonyl (C=O) groups excluding carboxylic acids is 1. The van der Waals surface area contributed by atoms with Crippen LogP contribution in [0.4, 0.5) is 0 Å². The molecule has 48 valence electrons. The summed E-state index contributed by atoms with van der Waals surface area (Å²) in [5, 5.41) is 0. The van der Waals surface area contributed by atoms with Crippen LogP contribution in [0, 0.1) is 0 Å². The number of aromatic nitrogens is 2. The lowest BCUT2D eigenvalue weighted by molar-refractivity contribution is 0.101. The number of imidazole rings is 1. The maximum absolute atomic E-state index is 10.6. The third kappa shape index (κ3) is 1.29. The van der Waals surface area contributed by atoms with Crippen LogP contribution in [0.5, 0.6) is 0 Å². The van der Waals surface area contributed by atoms with Gasteiger partial charge in [-0.05, 0) is 0 Å². The molecule has 1 aromatic rings. The van der Waals surface area contributed by atoms with Crippen LogP contribution >= 0.6 is 11.6 Å². The molecule has 0 saturated carbocycles. The Bertz CT molecular complexity index is 195. The molecule has 0 saturated heterocycles. The fourth-order valence-electron chi connectivity index (χ4n) is 0.481. The van der Waals surface area contributed by atoms with Crippen LogP contribution in [0.3, 0.4) is 0 Å². The van der Waals surface area contributed by atoms with Crippen molar-refractivity contribution in [2.75, 3.05) is 5.88 Å². The molecule has 9 heavy (non-hydrogen) atoms. The minimum absolute atomic E-state index is 0.0203. The number of ketones is 1. The highest BCUT2D eigenvalue weighted by atomic mass is 35.5. The van der Waals surface area contributed by atoms with Crippen molar-refractivity contribution < 1.29 is 4.79 Å². The van der Waals surface area contributed by atoms with E-state index in [1.807, 2.05) is 0 Å². The Balaban J connectivity index is 2.77. The van der Waals surface area contributed by atoms with Crippen LogP contribution < -0.4 is 0 Å². The summed E-state index contributed by atoms with van der Waals surface area (Å²) in [5.74, 6) is 0.125. The summed E-state index contributed by atoms with van der Waals surface area (Å²) in [4.78, 5) is 17.0. The second-order valence-corrected chi connectivity index (χ2v) is 1.76. The summed E-state index contributed by atoms with van der Waals surface area (Å²) in [6, 6.07) is 0. The van der Waals surface area contributed by atoms with E-state index in [-0.39, 0.29) is 11.7 Å². The van der Waals surface area contributed by atoms with Gasteiger partial charge in [0.15, 0.2) is 5.82 Å². The first kappa shape index (κ1) is 6.29. The van der Waals surface area contributed by atoms with Crippen LogP contribution in [0.2, 0.25) is 0 Å². The van der Waals surface area contributed by atoms with Crippen LogP contribution in [0.25, 0.3) is 0 Å². The molecule has 0 aliphatic carbocycles. The highest BCUT2D eigenvalue weighted by Gasteiger charge is 2.03. The maximum Gasteiger partial charge on any atom is 0.212 e. The predicted octanol–water partition coefficient (Wildman–Crippen LogP) is 0.831. The Morgan fingerprint density at radius 3 is 3.11 bits per heavy atom. The first-order chi connectivity index (χ1) is 4.34. The summed E-state index contributed by atoms with van der Waals surface area (Å²) in [6.07, 6.45) is 3.10. The quantitative estimate of drug-likeness (QED) is 0.494. The molecule has 0 spiro atoms. The van der Waals surface area contributed by atoms with Crippen molar-refractivity contribution in [1.29, 1.82) is 0 Å². The van der Waals surface area contributed by atoms with Crippen LogP contribution in [0.1, 0.15) is 10.6 Å². The average molecular weight is 145 g/mol. The second kappa shape index (κ2) is 2.64. The van der Waals surface area contributed by atoms with E-state index in [0.29, 0.717) is 5.82 Å². The van der Waals surface area contributed by atoms with Gasteiger partial charge in [0, 0.05) is 12.4 Å². The molecule has 1 rings (SSSR count). The molecule has 0 bridgehead atoms. The maximum atomic E-state index is 10.6. The minimum atomic E-state index is -0.179. The van der Waals surface area contributed by atoms with Gasteiger partial charge in [0.05, 0.1) is 5.88 Å². The number of H-pyrrole nitrogens is 1. The number of aromatic amines is 1. The molecule has 0 amide bonds. The first-order valence-electron chi connectivity index (χ1n) is 2.43. The number of alkyl halides is 1. The SMILES string of the molecule is O=C(CCl)c1ncc[nH]1. The van der Waals surface area contributed by atoms with E-state index in [9.17, 15) is 4.79 Å². The van der Waals surface area contributed by atoms with Gasteiger partial charge in [-0.1, -0.05) is 0 Å². The fourth-order valence-corrected chi connectivity index (χ4v) is 0.608. The Kier molecular flexibility index (Phi) is 1.85. The summed E-state index contributed by atoms with van der Waals surface area (Å²) < 4.78 is 0. The van der Waals surface area contributed by atoms with Crippen molar-refractivity contribution in [2.45, 2.75) is 0 Å². The third-order valence-corrected chi connectivity index (χ3v) is 1.13. The van der Waals surface area contributed by atoms with E-state index >= 15 is 0 Å². The number of halogens is 1. The van der Waals surface area contributed by atoms with Crippen molar-refractivity contribution in [3.63, 3.8) is 0 Å². The Morgan fingerprint density at radius 2 is 2.67 bits per heavy atom. The number of nitrogens with one attached hydrogen (secondary N) is 1. The van der Waals surface area contributed by atoms with E-state index in [0.717, 1.165) is 0 Å². The van der Waals surface area contributed by atoms with Gasteiger partial charge in [0.1, 0.15) is 0 Å². The van der Waals surface area contributed by atoms with Crippen molar-refractivity contribution >= 4 is 17.4 Å². The van der Waals surface area contributed by atoms with Gasteiger partial charge in [-0.15, -0.1) is 11.6 Å². The summed E-state index contributed by atoms with van der Waals surface area (Å²) >= 11 is 5.23.